The van der Waals surface area contributed by atoms with E-state index in [1.54, 1.807) is 6.92 Å². The van der Waals surface area contributed by atoms with Gasteiger partial charge < -0.3 is 20.8 Å². The van der Waals surface area contributed by atoms with Crippen molar-refractivity contribution < 1.29 is 29.4 Å². The van der Waals surface area contributed by atoms with Crippen LogP contribution >= 0.6 is 0 Å². The first-order valence-electron chi connectivity index (χ1n) is 5.43. The minimum Gasteiger partial charge on any atom is -0.474 e. The number of rotatable bonds is 3. The highest BCUT2D eigenvalue weighted by molar-refractivity contribution is 6.37. The summed E-state index contributed by atoms with van der Waals surface area (Å²) in [5, 5.41) is 21.0. The fourth-order valence-corrected chi connectivity index (χ4v) is 1.26. The van der Waals surface area contributed by atoms with Gasteiger partial charge in [0.15, 0.2) is 0 Å². The Morgan fingerprint density at radius 3 is 1.70 bits per heavy atom. The minimum atomic E-state index is -1.69. The number of aryl methyl sites for hydroxylation is 1. The zero-order valence-electron chi connectivity index (χ0n) is 10.3. The van der Waals surface area contributed by atoms with Crippen molar-refractivity contribution in [3.8, 4) is 0 Å². The largest absolute Gasteiger partial charge is 0.474 e. The molecule has 1 aromatic rings. The summed E-state index contributed by atoms with van der Waals surface area (Å²) in [5.74, 6) is -6.16. The lowest BCUT2D eigenvalue weighted by Crippen LogP contribution is -2.24. The number of aromatic nitrogens is 1. The summed E-state index contributed by atoms with van der Waals surface area (Å²) in [7, 11) is 0. The third-order valence-corrected chi connectivity index (χ3v) is 2.17. The van der Waals surface area contributed by atoms with Gasteiger partial charge in [0.05, 0.1) is 0 Å². The molecule has 4 N–H and O–H groups in total. The number of aliphatic carboxylic acids is 2. The molecule has 0 radical (unpaired) electrons. The molecule has 0 aliphatic carbocycles. The average molecular weight is 281 g/mol. The molecule has 0 saturated heterocycles. The van der Waals surface area contributed by atoms with E-state index in [2.05, 4.69) is 4.98 Å². The molecule has 9 heteroatoms. The van der Waals surface area contributed by atoms with Crippen molar-refractivity contribution in [1.82, 2.24) is 4.98 Å². The maximum absolute atomic E-state index is 11.0. The van der Waals surface area contributed by atoms with Gasteiger partial charge in [-0.05, 0) is 24.1 Å². The molecule has 1 heterocycles. The number of hydrogen-bond donors (Lipinski definition) is 4. The molecule has 0 fully saturated rings. The van der Waals surface area contributed by atoms with Crippen LogP contribution in [0.3, 0.4) is 0 Å². The van der Waals surface area contributed by atoms with Crippen LogP contribution in [0.5, 0.6) is 0 Å². The van der Waals surface area contributed by atoms with E-state index in [-0.39, 0.29) is 11.6 Å². The lowest BCUT2D eigenvalue weighted by Gasteiger charge is -2.08. The molecule has 1 rings (SSSR count). The highest BCUT2D eigenvalue weighted by Gasteiger charge is 2.15. The first-order chi connectivity index (χ1) is 9.33. The van der Waals surface area contributed by atoms with Gasteiger partial charge in [-0.25, -0.2) is 14.6 Å². The number of carboxylic acids is 2. The van der Waals surface area contributed by atoms with Crippen LogP contribution in [-0.4, -0.2) is 39.0 Å². The van der Waals surface area contributed by atoms with Crippen LogP contribution in [0.25, 0.3) is 0 Å². The molecule has 0 bridgehead atoms. The lowest BCUT2D eigenvalue weighted by molar-refractivity contribution is -0.147. The molecule has 0 spiro atoms. The number of nitrogens with zero attached hydrogens (tertiary/aromatic N) is 1. The zero-order valence-corrected chi connectivity index (χ0v) is 10.3. The Balaban J connectivity index is 3.02. The standard InChI is InChI=1S/C11H11N3O6/c1-2-5-3-6(13-8(15)10(17)18)12-7(4-5)14-9(16)11(19)20/h3-4H,2H2,1H3,(H,17,18)(H,19,20)(H2,12,13,14,15,16). The van der Waals surface area contributed by atoms with Crippen LogP contribution in [0.2, 0.25) is 0 Å². The second-order valence-corrected chi connectivity index (χ2v) is 3.62. The number of hydrogen-bond acceptors (Lipinski definition) is 5. The molecular formula is C11H11N3O6. The van der Waals surface area contributed by atoms with Gasteiger partial charge in [-0.1, -0.05) is 6.92 Å². The number of anilines is 2. The van der Waals surface area contributed by atoms with Gasteiger partial charge in [-0.2, -0.15) is 0 Å². The summed E-state index contributed by atoms with van der Waals surface area (Å²) in [5.41, 5.74) is 0.626. The molecule has 106 valence electrons. The van der Waals surface area contributed by atoms with E-state index in [0.717, 1.165) is 0 Å². The van der Waals surface area contributed by atoms with Crippen molar-refractivity contribution in [2.45, 2.75) is 13.3 Å². The Hall–Kier alpha value is -2.97. The van der Waals surface area contributed by atoms with Gasteiger partial charge >= 0.3 is 23.8 Å². The first-order valence-corrected chi connectivity index (χ1v) is 5.43. The van der Waals surface area contributed by atoms with E-state index in [4.69, 9.17) is 10.2 Å². The maximum atomic E-state index is 11.0. The molecular weight excluding hydrogens is 270 g/mol. The highest BCUT2D eigenvalue weighted by Crippen LogP contribution is 2.15. The molecule has 20 heavy (non-hydrogen) atoms. The van der Waals surface area contributed by atoms with Crippen LogP contribution in [0.15, 0.2) is 12.1 Å². The first kappa shape index (κ1) is 15.1. The van der Waals surface area contributed by atoms with Crippen molar-refractivity contribution in [1.29, 1.82) is 0 Å². The smallest absolute Gasteiger partial charge is 0.394 e. The predicted octanol–water partition coefficient (Wildman–Crippen LogP) is -0.310. The molecule has 0 saturated carbocycles. The molecule has 0 atom stereocenters. The summed E-state index contributed by atoms with van der Waals surface area (Å²) in [6.45, 7) is 1.78. The van der Waals surface area contributed by atoms with E-state index in [9.17, 15) is 19.2 Å². The van der Waals surface area contributed by atoms with Crippen LogP contribution in [-0.2, 0) is 25.6 Å². The van der Waals surface area contributed by atoms with Crippen molar-refractivity contribution in [2.75, 3.05) is 10.6 Å². The monoisotopic (exact) mass is 281 g/mol. The van der Waals surface area contributed by atoms with Gasteiger partial charge in [0, 0.05) is 0 Å². The van der Waals surface area contributed by atoms with Crippen molar-refractivity contribution in [3.05, 3.63) is 17.7 Å². The van der Waals surface area contributed by atoms with Gasteiger partial charge in [0.25, 0.3) is 0 Å². The van der Waals surface area contributed by atoms with E-state index in [0.29, 0.717) is 12.0 Å². The number of carbonyl (C=O) groups excluding carboxylic acids is 2. The lowest BCUT2D eigenvalue weighted by atomic mass is 10.2. The highest BCUT2D eigenvalue weighted by atomic mass is 16.4. The Morgan fingerprint density at radius 2 is 1.40 bits per heavy atom. The normalized spacial score (nSPS) is 9.65. The van der Waals surface area contributed by atoms with Crippen LogP contribution in [0, 0.1) is 0 Å². The Labute approximate surface area is 112 Å². The van der Waals surface area contributed by atoms with Gasteiger partial charge in [-0.15, -0.1) is 0 Å². The number of nitrogens with one attached hydrogen (secondary N) is 2. The summed E-state index contributed by atoms with van der Waals surface area (Å²) < 4.78 is 0. The second-order valence-electron chi connectivity index (χ2n) is 3.62. The van der Waals surface area contributed by atoms with Crippen molar-refractivity contribution in [3.63, 3.8) is 0 Å². The van der Waals surface area contributed by atoms with Crippen molar-refractivity contribution in [2.24, 2.45) is 0 Å². The molecule has 1 aromatic heterocycles. The molecule has 0 aliphatic rings. The zero-order chi connectivity index (χ0) is 15.3. The third kappa shape index (κ3) is 4.05. The number of pyridine rings is 1. The Kier molecular flexibility index (Phi) is 4.73. The topological polar surface area (TPSA) is 146 Å². The average Bonchev–Trinajstić information content (AvgIpc) is 2.37. The predicted molar refractivity (Wildman–Crippen MR) is 66.1 cm³/mol. The SMILES string of the molecule is CCc1cc(NC(=O)C(=O)O)nc(NC(=O)C(=O)O)c1. The summed E-state index contributed by atoms with van der Waals surface area (Å²) in [6.07, 6.45) is 0.508. The van der Waals surface area contributed by atoms with Gasteiger partial charge in [0.2, 0.25) is 0 Å². The summed E-state index contributed by atoms with van der Waals surface area (Å²) in [4.78, 5) is 46.6. The van der Waals surface area contributed by atoms with Gasteiger partial charge in [0.1, 0.15) is 11.6 Å². The fraction of sp³-hybridized carbons (Fsp3) is 0.182. The minimum absolute atomic E-state index is 0.0996. The van der Waals surface area contributed by atoms with E-state index in [1.165, 1.54) is 12.1 Å². The Bertz CT molecular complexity index is 537. The van der Waals surface area contributed by atoms with E-state index >= 15 is 0 Å². The maximum Gasteiger partial charge on any atom is 0.394 e. The van der Waals surface area contributed by atoms with Gasteiger partial charge in [-0.3, -0.25) is 9.59 Å². The summed E-state index contributed by atoms with van der Waals surface area (Å²) in [6, 6.07) is 2.83. The molecule has 0 unspecified atom stereocenters. The van der Waals surface area contributed by atoms with Crippen LogP contribution < -0.4 is 10.6 Å². The fourth-order valence-electron chi connectivity index (χ4n) is 1.26. The molecule has 0 aromatic carbocycles. The van der Waals surface area contributed by atoms with E-state index in [1.807, 2.05) is 10.6 Å². The number of carboxylic acid groups (broad SMARTS) is 2. The van der Waals surface area contributed by atoms with Crippen LogP contribution in [0.4, 0.5) is 11.6 Å². The third-order valence-electron chi connectivity index (χ3n) is 2.17. The van der Waals surface area contributed by atoms with Crippen molar-refractivity contribution >= 4 is 35.4 Å². The summed E-state index contributed by atoms with van der Waals surface area (Å²) >= 11 is 0. The number of carbonyl (C=O) groups is 4. The second kappa shape index (κ2) is 6.27. The van der Waals surface area contributed by atoms with Crippen LogP contribution in [0.1, 0.15) is 12.5 Å². The van der Waals surface area contributed by atoms with E-state index < -0.39 is 23.8 Å². The Morgan fingerprint density at radius 1 is 1.00 bits per heavy atom. The molecule has 2 amide bonds. The quantitative estimate of drug-likeness (QED) is 0.556. The molecule has 9 nitrogen and oxygen atoms in total. The number of amides is 2. The molecule has 0 aliphatic heterocycles.